The Hall–Kier alpha value is -1.57. The van der Waals surface area contributed by atoms with Gasteiger partial charge in [0.1, 0.15) is 0 Å². The third-order valence-corrected chi connectivity index (χ3v) is 2.29. The van der Waals surface area contributed by atoms with E-state index in [-0.39, 0.29) is 11.9 Å². The SMILES string of the molecule is C=C(c1ccccc1)C1CC(=O)N1. The highest BCUT2D eigenvalue weighted by molar-refractivity contribution is 5.89. The van der Waals surface area contributed by atoms with Crippen LogP contribution < -0.4 is 5.32 Å². The highest BCUT2D eigenvalue weighted by Crippen LogP contribution is 2.22. The molecule has 0 aromatic heterocycles. The van der Waals surface area contributed by atoms with E-state index in [9.17, 15) is 4.79 Å². The van der Waals surface area contributed by atoms with Gasteiger partial charge in [-0.25, -0.2) is 0 Å². The van der Waals surface area contributed by atoms with E-state index < -0.39 is 0 Å². The van der Waals surface area contributed by atoms with E-state index in [4.69, 9.17) is 0 Å². The minimum Gasteiger partial charge on any atom is -0.349 e. The molecule has 1 unspecified atom stereocenters. The molecule has 1 heterocycles. The number of carbonyl (C=O) groups is 1. The Bertz CT molecular complexity index is 334. The predicted octanol–water partition coefficient (Wildman–Crippen LogP) is 1.59. The first-order valence-electron chi connectivity index (χ1n) is 4.31. The summed E-state index contributed by atoms with van der Waals surface area (Å²) in [5, 5.41) is 2.80. The molecule has 13 heavy (non-hydrogen) atoms. The van der Waals surface area contributed by atoms with Crippen LogP contribution in [0.3, 0.4) is 0 Å². The van der Waals surface area contributed by atoms with Crippen molar-refractivity contribution in [1.82, 2.24) is 5.32 Å². The van der Waals surface area contributed by atoms with Crippen LogP contribution in [-0.4, -0.2) is 11.9 Å². The summed E-state index contributed by atoms with van der Waals surface area (Å²) in [6, 6.07) is 10.1. The quantitative estimate of drug-likeness (QED) is 0.676. The Morgan fingerprint density at radius 2 is 2.00 bits per heavy atom. The molecule has 0 aliphatic carbocycles. The molecule has 2 rings (SSSR count). The first kappa shape index (κ1) is 8.05. The van der Waals surface area contributed by atoms with Crippen LogP contribution in [0.2, 0.25) is 0 Å². The van der Waals surface area contributed by atoms with Gasteiger partial charge in [-0.15, -0.1) is 0 Å². The molecule has 1 amide bonds. The van der Waals surface area contributed by atoms with Crippen molar-refractivity contribution in [1.29, 1.82) is 0 Å². The second kappa shape index (κ2) is 3.05. The van der Waals surface area contributed by atoms with Gasteiger partial charge in [0.15, 0.2) is 0 Å². The highest BCUT2D eigenvalue weighted by atomic mass is 16.2. The molecule has 0 radical (unpaired) electrons. The number of amides is 1. The molecular formula is C11H11NO. The van der Waals surface area contributed by atoms with E-state index in [2.05, 4.69) is 11.9 Å². The predicted molar refractivity (Wildman–Crippen MR) is 52.0 cm³/mol. The van der Waals surface area contributed by atoms with Gasteiger partial charge in [0, 0.05) is 0 Å². The Balaban J connectivity index is 2.10. The third-order valence-electron chi connectivity index (χ3n) is 2.29. The minimum atomic E-state index is 0.113. The molecule has 1 aliphatic rings. The van der Waals surface area contributed by atoms with Crippen molar-refractivity contribution in [3.8, 4) is 0 Å². The van der Waals surface area contributed by atoms with Crippen molar-refractivity contribution in [3.05, 3.63) is 42.5 Å². The number of β-lactam (4-membered cyclic amide) rings is 1. The van der Waals surface area contributed by atoms with Crippen molar-refractivity contribution in [2.45, 2.75) is 12.5 Å². The molecule has 0 spiro atoms. The lowest BCUT2D eigenvalue weighted by Crippen LogP contribution is -2.48. The van der Waals surface area contributed by atoms with Crippen LogP contribution in [-0.2, 0) is 4.79 Å². The second-order valence-electron chi connectivity index (χ2n) is 3.22. The van der Waals surface area contributed by atoms with Crippen molar-refractivity contribution in [2.75, 3.05) is 0 Å². The van der Waals surface area contributed by atoms with Crippen LogP contribution in [0.4, 0.5) is 0 Å². The monoisotopic (exact) mass is 173 g/mol. The summed E-state index contributed by atoms with van der Waals surface area (Å²) in [6.45, 7) is 3.97. The fraction of sp³-hybridized carbons (Fsp3) is 0.182. The van der Waals surface area contributed by atoms with E-state index in [1.54, 1.807) is 0 Å². The molecule has 1 atom stereocenters. The zero-order chi connectivity index (χ0) is 9.26. The van der Waals surface area contributed by atoms with Gasteiger partial charge in [0.05, 0.1) is 12.5 Å². The molecular weight excluding hydrogens is 162 g/mol. The summed E-state index contributed by atoms with van der Waals surface area (Å²) in [5.41, 5.74) is 2.10. The Labute approximate surface area is 77.3 Å². The Kier molecular flexibility index (Phi) is 1.89. The molecule has 2 heteroatoms. The normalized spacial score (nSPS) is 20.3. The first-order chi connectivity index (χ1) is 6.27. The zero-order valence-electron chi connectivity index (χ0n) is 7.29. The fourth-order valence-corrected chi connectivity index (χ4v) is 1.42. The molecule has 1 aliphatic heterocycles. The lowest BCUT2D eigenvalue weighted by atomic mass is 9.93. The minimum absolute atomic E-state index is 0.113. The lowest BCUT2D eigenvalue weighted by Gasteiger charge is -2.28. The number of hydrogen-bond donors (Lipinski definition) is 1. The molecule has 66 valence electrons. The largest absolute Gasteiger partial charge is 0.349 e. The highest BCUT2D eigenvalue weighted by Gasteiger charge is 2.27. The van der Waals surface area contributed by atoms with E-state index in [0.29, 0.717) is 6.42 Å². The van der Waals surface area contributed by atoms with Crippen LogP contribution >= 0.6 is 0 Å². The van der Waals surface area contributed by atoms with Gasteiger partial charge in [-0.2, -0.15) is 0 Å². The molecule has 2 nitrogen and oxygen atoms in total. The maximum atomic E-state index is 10.7. The first-order valence-corrected chi connectivity index (χ1v) is 4.31. The summed E-state index contributed by atoms with van der Waals surface area (Å²) in [5.74, 6) is 0.113. The van der Waals surface area contributed by atoms with Gasteiger partial charge in [-0.1, -0.05) is 36.9 Å². The molecule has 1 N–H and O–H groups in total. The Morgan fingerprint density at radius 1 is 1.38 bits per heavy atom. The number of carbonyl (C=O) groups excluding carboxylic acids is 1. The summed E-state index contributed by atoms with van der Waals surface area (Å²) in [4.78, 5) is 10.7. The van der Waals surface area contributed by atoms with E-state index in [0.717, 1.165) is 11.1 Å². The molecule has 0 saturated carbocycles. The van der Waals surface area contributed by atoms with Gasteiger partial charge >= 0.3 is 0 Å². The van der Waals surface area contributed by atoms with Crippen molar-refractivity contribution < 1.29 is 4.79 Å². The Morgan fingerprint density at radius 3 is 2.54 bits per heavy atom. The zero-order valence-corrected chi connectivity index (χ0v) is 7.29. The smallest absolute Gasteiger partial charge is 0.222 e. The second-order valence-corrected chi connectivity index (χ2v) is 3.22. The molecule has 0 bridgehead atoms. The maximum absolute atomic E-state index is 10.7. The fourth-order valence-electron chi connectivity index (χ4n) is 1.42. The van der Waals surface area contributed by atoms with E-state index >= 15 is 0 Å². The number of benzene rings is 1. The van der Waals surface area contributed by atoms with Crippen molar-refractivity contribution in [3.63, 3.8) is 0 Å². The van der Waals surface area contributed by atoms with Gasteiger partial charge in [0.2, 0.25) is 5.91 Å². The standard InChI is InChI=1S/C11H11NO/c1-8(10-7-11(13)12-10)9-5-3-2-4-6-9/h2-6,10H,1,7H2,(H,12,13). The molecule has 1 fully saturated rings. The average Bonchev–Trinajstić information content (AvgIpc) is 2.13. The molecule has 1 aromatic rings. The summed E-state index contributed by atoms with van der Waals surface area (Å²) in [7, 11) is 0. The van der Waals surface area contributed by atoms with Gasteiger partial charge in [-0.05, 0) is 11.1 Å². The van der Waals surface area contributed by atoms with Gasteiger partial charge < -0.3 is 5.32 Å². The lowest BCUT2D eigenvalue weighted by molar-refractivity contribution is -0.126. The van der Waals surface area contributed by atoms with Crippen LogP contribution in [0.5, 0.6) is 0 Å². The van der Waals surface area contributed by atoms with Gasteiger partial charge in [0.25, 0.3) is 0 Å². The van der Waals surface area contributed by atoms with Crippen molar-refractivity contribution >= 4 is 11.5 Å². The molecule has 1 aromatic carbocycles. The number of rotatable bonds is 2. The summed E-state index contributed by atoms with van der Waals surface area (Å²) >= 11 is 0. The van der Waals surface area contributed by atoms with E-state index in [1.165, 1.54) is 0 Å². The average molecular weight is 173 g/mol. The maximum Gasteiger partial charge on any atom is 0.222 e. The third kappa shape index (κ3) is 1.47. The number of nitrogens with one attached hydrogen (secondary N) is 1. The van der Waals surface area contributed by atoms with Crippen LogP contribution in [0.25, 0.3) is 5.57 Å². The van der Waals surface area contributed by atoms with Gasteiger partial charge in [-0.3, -0.25) is 4.79 Å². The topological polar surface area (TPSA) is 29.1 Å². The van der Waals surface area contributed by atoms with E-state index in [1.807, 2.05) is 30.3 Å². The van der Waals surface area contributed by atoms with Crippen LogP contribution in [0.1, 0.15) is 12.0 Å². The molecule has 1 saturated heterocycles. The van der Waals surface area contributed by atoms with Crippen molar-refractivity contribution in [2.24, 2.45) is 0 Å². The summed E-state index contributed by atoms with van der Waals surface area (Å²) in [6.07, 6.45) is 0.577. The summed E-state index contributed by atoms with van der Waals surface area (Å²) < 4.78 is 0. The van der Waals surface area contributed by atoms with Crippen LogP contribution in [0, 0.1) is 0 Å². The number of hydrogen-bond acceptors (Lipinski definition) is 1. The van der Waals surface area contributed by atoms with Crippen LogP contribution in [0.15, 0.2) is 36.9 Å².